The number of amides is 3. The van der Waals surface area contributed by atoms with Crippen molar-refractivity contribution in [2.75, 3.05) is 11.4 Å². The van der Waals surface area contributed by atoms with Crippen molar-refractivity contribution >= 4 is 23.4 Å². The molecule has 1 aliphatic heterocycles. The Kier molecular flexibility index (Phi) is 5.14. The van der Waals surface area contributed by atoms with Gasteiger partial charge in [0.1, 0.15) is 6.54 Å². The predicted octanol–water partition coefficient (Wildman–Crippen LogP) is 3.53. The first-order valence-electron chi connectivity index (χ1n) is 9.67. The zero-order valence-corrected chi connectivity index (χ0v) is 16.8. The van der Waals surface area contributed by atoms with Crippen LogP contribution in [0.5, 0.6) is 0 Å². The molecule has 150 valence electrons. The average molecular weight is 399 g/mol. The molecule has 6 heteroatoms. The molecule has 30 heavy (non-hydrogen) atoms. The molecule has 2 aromatic carbocycles. The molecule has 0 aliphatic carbocycles. The van der Waals surface area contributed by atoms with E-state index in [0.717, 1.165) is 21.6 Å². The quantitative estimate of drug-likeness (QED) is 0.616. The first kappa shape index (κ1) is 19.5. The highest BCUT2D eigenvalue weighted by Gasteiger charge is 2.37. The number of carbonyl (C=O) groups is 3. The Morgan fingerprint density at radius 2 is 1.63 bits per heavy atom. The molecule has 1 aliphatic rings. The molecule has 0 unspecified atom stereocenters. The van der Waals surface area contributed by atoms with E-state index >= 15 is 0 Å². The average Bonchev–Trinajstić information content (AvgIpc) is 3.00. The van der Waals surface area contributed by atoms with Crippen LogP contribution in [0.2, 0.25) is 0 Å². The number of aryl methyl sites for hydroxylation is 2. The van der Waals surface area contributed by atoms with Crippen molar-refractivity contribution < 1.29 is 14.4 Å². The standard InChI is InChI=1S/C24H21N3O3/c1-16-9-10-19(12-17(16)2)26(14-18-6-5-11-25-13-18)22(28)15-27-23(29)20-7-3-4-8-21(20)24(27)30/h3-13H,14-15H2,1-2H3. The highest BCUT2D eigenvalue weighted by atomic mass is 16.2. The summed E-state index contributed by atoms with van der Waals surface area (Å²) in [5.74, 6) is -1.22. The number of anilines is 1. The van der Waals surface area contributed by atoms with Crippen molar-refractivity contribution in [1.29, 1.82) is 0 Å². The van der Waals surface area contributed by atoms with Gasteiger partial charge in [0.15, 0.2) is 0 Å². The van der Waals surface area contributed by atoms with Crippen molar-refractivity contribution in [2.45, 2.75) is 20.4 Å². The fourth-order valence-corrected chi connectivity index (χ4v) is 3.49. The Hall–Kier alpha value is -3.80. The Labute approximate surface area is 174 Å². The number of hydrogen-bond donors (Lipinski definition) is 0. The van der Waals surface area contributed by atoms with Crippen LogP contribution in [-0.4, -0.2) is 34.2 Å². The molecule has 3 amide bonds. The van der Waals surface area contributed by atoms with Gasteiger partial charge in [-0.25, -0.2) is 0 Å². The summed E-state index contributed by atoms with van der Waals surface area (Å²) in [5.41, 5.74) is 4.40. The van der Waals surface area contributed by atoms with Crippen molar-refractivity contribution in [3.05, 3.63) is 94.8 Å². The number of imide groups is 1. The van der Waals surface area contributed by atoms with Crippen LogP contribution in [-0.2, 0) is 11.3 Å². The van der Waals surface area contributed by atoms with Crippen LogP contribution < -0.4 is 4.90 Å². The maximum absolute atomic E-state index is 13.3. The van der Waals surface area contributed by atoms with E-state index in [4.69, 9.17) is 0 Å². The summed E-state index contributed by atoms with van der Waals surface area (Å²) in [5, 5.41) is 0. The second kappa shape index (κ2) is 7.91. The first-order valence-corrected chi connectivity index (χ1v) is 9.67. The first-order chi connectivity index (χ1) is 14.5. The fraction of sp³-hybridized carbons (Fsp3) is 0.167. The smallest absolute Gasteiger partial charge is 0.262 e. The molecule has 2 heterocycles. The van der Waals surface area contributed by atoms with Gasteiger partial charge in [-0.2, -0.15) is 0 Å². The van der Waals surface area contributed by atoms with E-state index in [1.807, 2.05) is 44.2 Å². The van der Waals surface area contributed by atoms with E-state index in [2.05, 4.69) is 4.98 Å². The molecular weight excluding hydrogens is 378 g/mol. The Morgan fingerprint density at radius 1 is 0.933 bits per heavy atom. The molecule has 0 bridgehead atoms. The second-order valence-electron chi connectivity index (χ2n) is 7.35. The van der Waals surface area contributed by atoms with Crippen molar-refractivity contribution in [2.24, 2.45) is 0 Å². The lowest BCUT2D eigenvalue weighted by molar-refractivity contribution is -0.119. The molecule has 0 radical (unpaired) electrons. The van der Waals surface area contributed by atoms with Crippen LogP contribution >= 0.6 is 0 Å². The molecule has 1 aromatic heterocycles. The summed E-state index contributed by atoms with van der Waals surface area (Å²) < 4.78 is 0. The van der Waals surface area contributed by atoms with Crippen LogP contribution in [0, 0.1) is 13.8 Å². The molecule has 0 atom stereocenters. The summed E-state index contributed by atoms with van der Waals surface area (Å²) in [6, 6.07) is 16.1. The van der Waals surface area contributed by atoms with Crippen LogP contribution in [0.15, 0.2) is 67.0 Å². The number of fused-ring (bicyclic) bond motifs is 1. The molecule has 0 saturated heterocycles. The number of nitrogens with zero attached hydrogens (tertiary/aromatic N) is 3. The molecule has 0 saturated carbocycles. The van der Waals surface area contributed by atoms with Gasteiger partial charge >= 0.3 is 0 Å². The highest BCUT2D eigenvalue weighted by molar-refractivity contribution is 6.22. The van der Waals surface area contributed by atoms with E-state index in [-0.39, 0.29) is 12.5 Å². The van der Waals surface area contributed by atoms with Crippen LogP contribution in [0.25, 0.3) is 0 Å². The fourth-order valence-electron chi connectivity index (χ4n) is 3.49. The Balaban J connectivity index is 1.63. The van der Waals surface area contributed by atoms with E-state index in [1.165, 1.54) is 0 Å². The molecular formula is C24H21N3O3. The maximum atomic E-state index is 13.3. The van der Waals surface area contributed by atoms with Gasteiger partial charge in [-0.3, -0.25) is 24.3 Å². The third kappa shape index (κ3) is 3.59. The van der Waals surface area contributed by atoms with Gasteiger partial charge in [0.25, 0.3) is 11.8 Å². The van der Waals surface area contributed by atoms with Gasteiger partial charge < -0.3 is 4.90 Å². The number of pyridine rings is 1. The second-order valence-corrected chi connectivity index (χ2v) is 7.35. The molecule has 0 spiro atoms. The maximum Gasteiger partial charge on any atom is 0.262 e. The number of hydrogen-bond acceptors (Lipinski definition) is 4. The van der Waals surface area contributed by atoms with E-state index in [0.29, 0.717) is 23.4 Å². The minimum atomic E-state index is -0.439. The van der Waals surface area contributed by atoms with E-state index < -0.39 is 11.8 Å². The zero-order valence-electron chi connectivity index (χ0n) is 16.8. The van der Waals surface area contributed by atoms with E-state index in [1.54, 1.807) is 41.6 Å². The number of rotatable bonds is 5. The highest BCUT2D eigenvalue weighted by Crippen LogP contribution is 2.25. The summed E-state index contributed by atoms with van der Waals surface area (Å²) >= 11 is 0. The Morgan fingerprint density at radius 3 is 2.23 bits per heavy atom. The van der Waals surface area contributed by atoms with Gasteiger partial charge in [-0.1, -0.05) is 24.3 Å². The molecule has 6 nitrogen and oxygen atoms in total. The zero-order chi connectivity index (χ0) is 21.3. The van der Waals surface area contributed by atoms with Gasteiger partial charge in [0, 0.05) is 18.1 Å². The normalized spacial score (nSPS) is 12.8. The van der Waals surface area contributed by atoms with Gasteiger partial charge in [-0.15, -0.1) is 0 Å². The van der Waals surface area contributed by atoms with Gasteiger partial charge in [0.05, 0.1) is 17.7 Å². The minimum absolute atomic E-state index is 0.290. The molecule has 4 rings (SSSR count). The lowest BCUT2D eigenvalue weighted by Gasteiger charge is -2.25. The molecule has 0 fully saturated rings. The summed E-state index contributed by atoms with van der Waals surface area (Å²) in [4.78, 5) is 45.4. The molecule has 0 N–H and O–H groups in total. The number of carbonyl (C=O) groups excluding carboxylic acids is 3. The van der Waals surface area contributed by atoms with Crippen molar-refractivity contribution in [3.8, 4) is 0 Å². The summed E-state index contributed by atoms with van der Waals surface area (Å²) in [6.45, 7) is 3.96. The van der Waals surface area contributed by atoms with Crippen LogP contribution in [0.1, 0.15) is 37.4 Å². The van der Waals surface area contributed by atoms with Crippen molar-refractivity contribution in [3.63, 3.8) is 0 Å². The minimum Gasteiger partial charge on any atom is -0.306 e. The van der Waals surface area contributed by atoms with E-state index in [9.17, 15) is 14.4 Å². The summed E-state index contributed by atoms with van der Waals surface area (Å²) in [7, 11) is 0. The SMILES string of the molecule is Cc1ccc(N(Cc2cccnc2)C(=O)CN2C(=O)c3ccccc3C2=O)cc1C. The number of benzene rings is 2. The van der Waals surface area contributed by atoms with Crippen LogP contribution in [0.3, 0.4) is 0 Å². The van der Waals surface area contributed by atoms with Gasteiger partial charge in [0.2, 0.25) is 5.91 Å². The number of aromatic nitrogens is 1. The monoisotopic (exact) mass is 399 g/mol. The Bertz CT molecular complexity index is 1110. The van der Waals surface area contributed by atoms with Gasteiger partial charge in [-0.05, 0) is 60.9 Å². The topological polar surface area (TPSA) is 70.6 Å². The largest absolute Gasteiger partial charge is 0.306 e. The third-order valence-corrected chi connectivity index (χ3v) is 5.34. The van der Waals surface area contributed by atoms with Crippen LogP contribution in [0.4, 0.5) is 5.69 Å². The van der Waals surface area contributed by atoms with Crippen molar-refractivity contribution in [1.82, 2.24) is 9.88 Å². The predicted molar refractivity (Wildman–Crippen MR) is 113 cm³/mol. The lowest BCUT2D eigenvalue weighted by Crippen LogP contribution is -2.42. The molecule has 3 aromatic rings. The lowest BCUT2D eigenvalue weighted by atomic mass is 10.1. The third-order valence-electron chi connectivity index (χ3n) is 5.34. The summed E-state index contributed by atoms with van der Waals surface area (Å²) in [6.07, 6.45) is 3.37.